The third-order valence-corrected chi connectivity index (χ3v) is 3.60. The molecule has 0 spiro atoms. The fourth-order valence-corrected chi connectivity index (χ4v) is 2.56. The number of nitrogens with two attached hydrogens (primary N) is 1. The third-order valence-electron chi connectivity index (χ3n) is 2.52. The lowest BCUT2D eigenvalue weighted by Crippen LogP contribution is -2.22. The highest BCUT2D eigenvalue weighted by Crippen LogP contribution is 2.14. The van der Waals surface area contributed by atoms with Crippen molar-refractivity contribution < 1.29 is 4.79 Å². The van der Waals surface area contributed by atoms with Crippen LogP contribution in [0.2, 0.25) is 5.02 Å². The van der Waals surface area contributed by atoms with Gasteiger partial charge in [0.25, 0.3) is 5.91 Å². The fraction of sp³-hybridized carbons (Fsp3) is 0.133. The molecule has 1 heterocycles. The lowest BCUT2D eigenvalue weighted by atomic mass is 10.2. The minimum atomic E-state index is -0.123. The van der Waals surface area contributed by atoms with Crippen molar-refractivity contribution in [1.82, 2.24) is 5.32 Å². The second kappa shape index (κ2) is 7.11. The third kappa shape index (κ3) is 4.10. The van der Waals surface area contributed by atoms with Crippen molar-refractivity contribution in [3.63, 3.8) is 0 Å². The van der Waals surface area contributed by atoms with E-state index in [0.717, 1.165) is 10.4 Å². The van der Waals surface area contributed by atoms with E-state index in [-0.39, 0.29) is 5.91 Å². The second-order valence-corrected chi connectivity index (χ2v) is 5.37. The van der Waals surface area contributed by atoms with E-state index in [1.165, 1.54) is 11.3 Å². The summed E-state index contributed by atoms with van der Waals surface area (Å²) in [4.78, 5) is 12.8. The number of carbonyl (C=O) groups is 1. The minimum absolute atomic E-state index is 0.123. The van der Waals surface area contributed by atoms with E-state index in [1.807, 2.05) is 18.2 Å². The van der Waals surface area contributed by atoms with Crippen molar-refractivity contribution >= 4 is 28.8 Å². The molecule has 0 saturated heterocycles. The molecular weight excluding hydrogens is 292 g/mol. The van der Waals surface area contributed by atoms with Crippen LogP contribution in [0.15, 0.2) is 35.7 Å². The highest BCUT2D eigenvalue weighted by Gasteiger charge is 2.07. The number of rotatable bonds is 3. The van der Waals surface area contributed by atoms with Gasteiger partial charge in [-0.05, 0) is 23.8 Å². The smallest absolute Gasteiger partial charge is 0.252 e. The van der Waals surface area contributed by atoms with Crippen LogP contribution in [-0.4, -0.2) is 12.5 Å². The van der Waals surface area contributed by atoms with E-state index in [0.29, 0.717) is 23.7 Å². The van der Waals surface area contributed by atoms with Gasteiger partial charge < -0.3 is 11.1 Å². The molecule has 0 radical (unpaired) electrons. The van der Waals surface area contributed by atoms with E-state index in [1.54, 1.807) is 17.5 Å². The molecule has 0 aliphatic heterocycles. The van der Waals surface area contributed by atoms with Gasteiger partial charge in [-0.2, -0.15) is 0 Å². The molecule has 2 rings (SSSR count). The lowest BCUT2D eigenvalue weighted by molar-refractivity contribution is 0.0951. The Morgan fingerprint density at radius 3 is 3.00 bits per heavy atom. The van der Waals surface area contributed by atoms with Gasteiger partial charge >= 0.3 is 0 Å². The lowest BCUT2D eigenvalue weighted by Gasteiger charge is -2.04. The van der Waals surface area contributed by atoms with Gasteiger partial charge in [-0.25, -0.2) is 0 Å². The van der Waals surface area contributed by atoms with Crippen LogP contribution < -0.4 is 11.1 Å². The Balaban J connectivity index is 1.96. The van der Waals surface area contributed by atoms with Crippen molar-refractivity contribution in [3.8, 4) is 11.8 Å². The Labute approximate surface area is 126 Å². The zero-order valence-corrected chi connectivity index (χ0v) is 12.2. The van der Waals surface area contributed by atoms with E-state index in [4.69, 9.17) is 17.3 Å². The number of nitrogens with one attached hydrogen (secondary N) is 1. The number of carbonyl (C=O) groups excluding carboxylic acids is 1. The maximum Gasteiger partial charge on any atom is 0.252 e. The van der Waals surface area contributed by atoms with Crippen LogP contribution in [0.5, 0.6) is 0 Å². The van der Waals surface area contributed by atoms with Gasteiger partial charge in [0.15, 0.2) is 0 Å². The first-order chi connectivity index (χ1) is 9.69. The summed E-state index contributed by atoms with van der Waals surface area (Å²) in [5.74, 6) is 5.55. The molecule has 2 aromatic rings. The maximum absolute atomic E-state index is 12.0. The molecule has 1 amide bonds. The van der Waals surface area contributed by atoms with Gasteiger partial charge in [0.2, 0.25) is 0 Å². The molecule has 5 heteroatoms. The summed E-state index contributed by atoms with van der Waals surface area (Å²) in [7, 11) is 0. The number of hydrogen-bond donors (Lipinski definition) is 2. The second-order valence-electron chi connectivity index (χ2n) is 4.02. The van der Waals surface area contributed by atoms with Gasteiger partial charge in [-0.3, -0.25) is 4.79 Å². The summed E-state index contributed by atoms with van der Waals surface area (Å²) in [5.41, 5.74) is 6.88. The molecule has 3 N–H and O–H groups in total. The van der Waals surface area contributed by atoms with Crippen LogP contribution in [0.1, 0.15) is 20.8 Å². The Morgan fingerprint density at radius 2 is 2.25 bits per heavy atom. The van der Waals surface area contributed by atoms with Crippen LogP contribution >= 0.6 is 22.9 Å². The maximum atomic E-state index is 12.0. The Morgan fingerprint density at radius 1 is 1.40 bits per heavy atom. The molecule has 0 unspecified atom stereocenters. The van der Waals surface area contributed by atoms with Crippen LogP contribution in [0.25, 0.3) is 0 Å². The minimum Gasteiger partial charge on any atom is -0.348 e. The Hall–Kier alpha value is -1.80. The van der Waals surface area contributed by atoms with E-state index >= 15 is 0 Å². The number of hydrogen-bond acceptors (Lipinski definition) is 3. The van der Waals surface area contributed by atoms with Gasteiger partial charge in [0.1, 0.15) is 0 Å². The van der Waals surface area contributed by atoms with Crippen LogP contribution in [-0.2, 0) is 6.54 Å². The van der Waals surface area contributed by atoms with E-state index in [9.17, 15) is 4.79 Å². The number of halogens is 1. The Kier molecular flexibility index (Phi) is 5.19. The monoisotopic (exact) mass is 304 g/mol. The van der Waals surface area contributed by atoms with Crippen LogP contribution in [0, 0.1) is 11.8 Å². The summed E-state index contributed by atoms with van der Waals surface area (Å²) < 4.78 is 0. The zero-order valence-electron chi connectivity index (χ0n) is 10.7. The summed E-state index contributed by atoms with van der Waals surface area (Å²) in [6, 6.07) is 9.16. The quantitative estimate of drug-likeness (QED) is 0.857. The molecule has 0 fully saturated rings. The number of benzene rings is 1. The Bertz CT molecular complexity index is 670. The molecule has 3 nitrogen and oxygen atoms in total. The van der Waals surface area contributed by atoms with Crippen molar-refractivity contribution in [1.29, 1.82) is 0 Å². The molecule has 0 aliphatic rings. The summed E-state index contributed by atoms with van der Waals surface area (Å²) >= 11 is 7.32. The molecule has 1 aromatic heterocycles. The van der Waals surface area contributed by atoms with Crippen molar-refractivity contribution in [2.24, 2.45) is 5.73 Å². The highest BCUT2D eigenvalue weighted by atomic mass is 35.5. The topological polar surface area (TPSA) is 55.1 Å². The van der Waals surface area contributed by atoms with Crippen LogP contribution in [0.3, 0.4) is 0 Å². The van der Waals surface area contributed by atoms with E-state index < -0.39 is 0 Å². The molecule has 0 aliphatic carbocycles. The van der Waals surface area contributed by atoms with E-state index in [2.05, 4.69) is 17.2 Å². The van der Waals surface area contributed by atoms with Gasteiger partial charge in [0, 0.05) is 16.9 Å². The summed E-state index contributed by atoms with van der Waals surface area (Å²) in [5, 5.41) is 5.29. The van der Waals surface area contributed by atoms with Gasteiger partial charge in [-0.1, -0.05) is 35.6 Å². The molecule has 0 saturated carbocycles. The first kappa shape index (κ1) is 14.6. The molecule has 1 aromatic carbocycles. The number of amides is 1. The average molecular weight is 305 g/mol. The normalized spacial score (nSPS) is 9.70. The molecular formula is C15H13ClN2OS. The van der Waals surface area contributed by atoms with Gasteiger partial charge in [-0.15, -0.1) is 11.3 Å². The van der Waals surface area contributed by atoms with Gasteiger partial charge in [0.05, 0.1) is 17.0 Å². The predicted molar refractivity (Wildman–Crippen MR) is 82.9 cm³/mol. The predicted octanol–water partition coefficient (Wildman–Crippen LogP) is 2.64. The summed E-state index contributed by atoms with van der Waals surface area (Å²) in [6.07, 6.45) is 0. The largest absolute Gasteiger partial charge is 0.348 e. The average Bonchev–Trinajstić information content (AvgIpc) is 2.91. The molecule has 20 heavy (non-hydrogen) atoms. The highest BCUT2D eigenvalue weighted by molar-refractivity contribution is 7.10. The summed E-state index contributed by atoms with van der Waals surface area (Å²) in [6.45, 7) is 0.757. The van der Waals surface area contributed by atoms with Crippen LogP contribution in [0.4, 0.5) is 0 Å². The zero-order chi connectivity index (χ0) is 14.4. The first-order valence-electron chi connectivity index (χ1n) is 5.99. The fourth-order valence-electron chi connectivity index (χ4n) is 1.59. The SMILES string of the molecule is NCC#Cc1cc(C(=O)NCc2cccc(Cl)c2)cs1. The molecule has 0 bridgehead atoms. The van der Waals surface area contributed by atoms with Crippen molar-refractivity contribution in [2.75, 3.05) is 6.54 Å². The molecule has 102 valence electrons. The standard InChI is InChI=1S/C15H13ClN2OS/c16-13-4-1-3-11(7-13)9-18-15(19)12-8-14(20-10-12)5-2-6-17/h1,3-4,7-8,10H,6,9,17H2,(H,18,19). The molecule has 0 atom stereocenters. The number of thiophene rings is 1. The van der Waals surface area contributed by atoms with Crippen molar-refractivity contribution in [3.05, 3.63) is 56.7 Å². The first-order valence-corrected chi connectivity index (χ1v) is 7.25. The van der Waals surface area contributed by atoms with Crippen molar-refractivity contribution in [2.45, 2.75) is 6.54 Å².